The first kappa shape index (κ1) is 7.63. The highest BCUT2D eigenvalue weighted by atomic mass is 127. The summed E-state index contributed by atoms with van der Waals surface area (Å²) in [6, 6.07) is 0. The summed E-state index contributed by atoms with van der Waals surface area (Å²) >= 11 is 10.9. The number of rotatable bonds is 0. The number of aromatic nitrogens is 2. The van der Waals surface area contributed by atoms with Crippen molar-refractivity contribution in [2.24, 2.45) is 3.15 Å². The van der Waals surface area contributed by atoms with Crippen molar-refractivity contribution in [2.75, 3.05) is 3.53 Å². The predicted octanol–water partition coefficient (Wildman–Crippen LogP) is 2.91. The number of hydrogen-bond acceptors (Lipinski definition) is 4. The van der Waals surface area contributed by atoms with Gasteiger partial charge < -0.3 is 3.53 Å². The van der Waals surface area contributed by atoms with E-state index >= 15 is 0 Å². The summed E-state index contributed by atoms with van der Waals surface area (Å²) in [6.07, 6.45) is 0. The van der Waals surface area contributed by atoms with E-state index in [9.17, 15) is 0 Å². The summed E-state index contributed by atoms with van der Waals surface area (Å²) in [5, 5.41) is 0.479. The molecule has 1 aromatic rings. The molecule has 11 heavy (non-hydrogen) atoms. The third kappa shape index (κ3) is 1.32. The van der Waals surface area contributed by atoms with Crippen LogP contribution in [0.25, 0.3) is 0 Å². The summed E-state index contributed by atoms with van der Waals surface area (Å²) < 4.78 is 7.13. The molecular weight excluding hydrogens is 302 g/mol. The normalized spacial score (nSPS) is 13.6. The van der Waals surface area contributed by atoms with Gasteiger partial charge in [0.1, 0.15) is 21.3 Å². The van der Waals surface area contributed by atoms with Crippen molar-refractivity contribution in [3.05, 3.63) is 10.4 Å². The van der Waals surface area contributed by atoms with Crippen LogP contribution in [0.15, 0.2) is 3.15 Å². The summed E-state index contributed by atoms with van der Waals surface area (Å²) in [7, 11) is 0. The molecule has 0 spiro atoms. The number of nitrogens with one attached hydrogen (secondary N) is 1. The van der Waals surface area contributed by atoms with E-state index in [1.807, 2.05) is 0 Å². The van der Waals surface area contributed by atoms with Gasteiger partial charge in [-0.3, -0.25) is 0 Å². The molecule has 0 amide bonds. The van der Waals surface area contributed by atoms with Gasteiger partial charge in [-0.1, -0.05) is 11.6 Å². The van der Waals surface area contributed by atoms with E-state index in [4.69, 9.17) is 23.2 Å². The Kier molecular flexibility index (Phi) is 1.94. The van der Waals surface area contributed by atoms with Crippen LogP contribution in [0.3, 0.4) is 0 Å². The highest BCUT2D eigenvalue weighted by Gasteiger charge is 2.14. The van der Waals surface area contributed by atoms with E-state index < -0.39 is 0 Å². The van der Waals surface area contributed by atoms with Crippen LogP contribution >= 0.6 is 44.5 Å². The van der Waals surface area contributed by atoms with Crippen molar-refractivity contribution >= 4 is 56.0 Å². The number of fused-ring (bicyclic) bond motifs is 1. The molecule has 0 unspecified atom stereocenters. The Balaban J connectivity index is 2.67. The lowest BCUT2D eigenvalue weighted by Crippen LogP contribution is -1.87. The average Bonchev–Trinajstić information content (AvgIpc) is 2.34. The second-order valence-electron chi connectivity index (χ2n) is 1.74. The molecule has 0 fully saturated rings. The van der Waals surface area contributed by atoms with Gasteiger partial charge >= 0.3 is 0 Å². The average molecular weight is 303 g/mol. The maximum atomic E-state index is 5.72. The van der Waals surface area contributed by atoms with Crippen molar-refractivity contribution in [2.45, 2.75) is 0 Å². The molecule has 0 bridgehead atoms. The molecule has 0 aliphatic carbocycles. The molecule has 7 heteroatoms. The van der Waals surface area contributed by atoms with Crippen LogP contribution in [0, 0.1) is 0 Å². The van der Waals surface area contributed by atoms with Crippen LogP contribution in [0.2, 0.25) is 10.4 Å². The Morgan fingerprint density at radius 2 is 2.09 bits per heavy atom. The lowest BCUT2D eigenvalue weighted by atomic mass is 10.5. The van der Waals surface area contributed by atoms with Crippen molar-refractivity contribution < 1.29 is 0 Å². The molecule has 0 radical (unpaired) electrons. The summed E-state index contributed by atoms with van der Waals surface area (Å²) in [6.45, 7) is 0. The van der Waals surface area contributed by atoms with Crippen molar-refractivity contribution in [1.29, 1.82) is 0 Å². The second-order valence-corrected chi connectivity index (χ2v) is 3.94. The lowest BCUT2D eigenvalue weighted by molar-refractivity contribution is 1.18. The van der Waals surface area contributed by atoms with Crippen LogP contribution < -0.4 is 3.53 Å². The Bertz CT molecular complexity index is 339. The van der Waals surface area contributed by atoms with Gasteiger partial charge in [-0.2, -0.15) is 8.13 Å². The van der Waals surface area contributed by atoms with Crippen LogP contribution in [0.4, 0.5) is 11.5 Å². The van der Waals surface area contributed by atoms with Crippen LogP contribution in [0.1, 0.15) is 0 Å². The Hall–Kier alpha value is -0.0100. The standard InChI is InChI=1S/C4HCl2IN4/c5-2-1-3(11-7-10-1)9-4(6)8-2/h(H,8,9,10,11). The van der Waals surface area contributed by atoms with Crippen LogP contribution in [-0.4, -0.2) is 9.97 Å². The Labute approximate surface area is 82.8 Å². The zero-order valence-corrected chi connectivity index (χ0v) is 8.64. The van der Waals surface area contributed by atoms with Gasteiger partial charge in [0.25, 0.3) is 0 Å². The van der Waals surface area contributed by atoms with Gasteiger partial charge in [0, 0.05) is 0 Å². The maximum Gasteiger partial charge on any atom is 0.225 e. The van der Waals surface area contributed by atoms with Gasteiger partial charge in [-0.05, 0) is 11.6 Å². The quantitative estimate of drug-likeness (QED) is 0.347. The Morgan fingerprint density at radius 1 is 1.27 bits per heavy atom. The minimum absolute atomic E-state index is 0.155. The predicted molar refractivity (Wildman–Crippen MR) is 51.8 cm³/mol. The minimum atomic E-state index is -0.388. The smallest absolute Gasteiger partial charge is 0.225 e. The van der Waals surface area contributed by atoms with Gasteiger partial charge in [-0.25, -0.2) is 4.98 Å². The highest BCUT2D eigenvalue weighted by molar-refractivity contribution is 14.2. The fraction of sp³-hybridized carbons (Fsp3) is 0. The van der Waals surface area contributed by atoms with E-state index in [1.165, 1.54) is 0 Å². The monoisotopic (exact) mass is 302 g/mol. The van der Waals surface area contributed by atoms with E-state index in [-0.39, 0.29) is 26.6 Å². The van der Waals surface area contributed by atoms with Crippen LogP contribution in [0.5, 0.6) is 0 Å². The molecule has 58 valence electrons. The molecule has 0 saturated heterocycles. The minimum Gasteiger partial charge on any atom is -0.302 e. The number of anilines is 1. The van der Waals surface area contributed by atoms with Crippen molar-refractivity contribution in [1.82, 2.24) is 9.97 Å². The molecule has 0 atom stereocenters. The lowest BCUT2D eigenvalue weighted by Gasteiger charge is -1.97. The largest absolute Gasteiger partial charge is 0.302 e. The SMILES string of the molecule is Clc1nc(Cl)c2c(n1)NI=N2. The molecule has 1 N–H and O–H groups in total. The van der Waals surface area contributed by atoms with E-state index in [0.717, 1.165) is 0 Å². The third-order valence-electron chi connectivity index (χ3n) is 1.07. The third-order valence-corrected chi connectivity index (χ3v) is 2.98. The fourth-order valence-corrected chi connectivity index (χ4v) is 2.64. The second kappa shape index (κ2) is 2.80. The van der Waals surface area contributed by atoms with Gasteiger partial charge in [0.05, 0.1) is 0 Å². The summed E-state index contributed by atoms with van der Waals surface area (Å²) in [4.78, 5) is 7.66. The number of halogens is 3. The first-order valence-corrected chi connectivity index (χ1v) is 5.40. The zero-order chi connectivity index (χ0) is 7.84. The molecule has 0 saturated carbocycles. The van der Waals surface area contributed by atoms with Crippen LogP contribution in [-0.2, 0) is 0 Å². The zero-order valence-electron chi connectivity index (χ0n) is 4.98. The summed E-state index contributed by atoms with van der Waals surface area (Å²) in [5.74, 6) is 0.655. The van der Waals surface area contributed by atoms with E-state index in [2.05, 4.69) is 16.6 Å². The van der Waals surface area contributed by atoms with Crippen molar-refractivity contribution in [3.8, 4) is 0 Å². The van der Waals surface area contributed by atoms with E-state index in [1.54, 1.807) is 0 Å². The van der Waals surface area contributed by atoms with E-state index in [0.29, 0.717) is 16.7 Å². The van der Waals surface area contributed by atoms with Crippen molar-refractivity contribution in [3.63, 3.8) is 0 Å². The van der Waals surface area contributed by atoms with Gasteiger partial charge in [-0.15, -0.1) is 0 Å². The molecule has 1 aliphatic rings. The summed E-state index contributed by atoms with van der Waals surface area (Å²) in [5.41, 5.74) is 0.642. The van der Waals surface area contributed by atoms with Gasteiger partial charge in [0.15, 0.2) is 16.7 Å². The van der Waals surface area contributed by atoms with Gasteiger partial charge in [0.2, 0.25) is 5.28 Å². The molecular formula is C4HCl2IN4. The first-order chi connectivity index (χ1) is 5.27. The maximum absolute atomic E-state index is 5.72. The molecule has 4 nitrogen and oxygen atoms in total. The number of hydrogen-bond donors (Lipinski definition) is 1. The Morgan fingerprint density at radius 3 is 2.91 bits per heavy atom. The molecule has 2 heterocycles. The molecule has 1 aromatic heterocycles. The highest BCUT2D eigenvalue weighted by Crippen LogP contribution is 2.39. The topological polar surface area (TPSA) is 50.2 Å². The molecule has 1 aliphatic heterocycles. The molecule has 0 aromatic carbocycles. The molecule has 2 rings (SSSR count). The first-order valence-electron chi connectivity index (χ1n) is 2.60. The number of nitrogens with zero attached hydrogens (tertiary/aromatic N) is 3. The fourth-order valence-electron chi connectivity index (χ4n) is 0.646.